The van der Waals surface area contributed by atoms with Crippen molar-refractivity contribution in [3.8, 4) is 0 Å². The molecule has 0 aliphatic heterocycles. The van der Waals surface area contributed by atoms with Crippen molar-refractivity contribution in [3.05, 3.63) is 83.3 Å². The Kier molecular flexibility index (Phi) is 7.12. The third-order valence-corrected chi connectivity index (χ3v) is 4.84. The Hall–Kier alpha value is -2.68. The van der Waals surface area contributed by atoms with Crippen LogP contribution in [0.25, 0.3) is 5.57 Å². The quantitative estimate of drug-likeness (QED) is 0.488. The van der Waals surface area contributed by atoms with Gasteiger partial charge in [0.1, 0.15) is 0 Å². The number of aliphatic carboxylic acids is 1. The highest BCUT2D eigenvalue weighted by molar-refractivity contribution is 5.81. The number of carboxylic acid groups (broad SMARTS) is 1. The fourth-order valence-corrected chi connectivity index (χ4v) is 3.38. The highest BCUT2D eigenvalue weighted by Gasteiger charge is 2.29. The summed E-state index contributed by atoms with van der Waals surface area (Å²) in [7, 11) is 0. The molecule has 0 amide bonds. The maximum Gasteiger partial charge on any atom is 0.328 e. The van der Waals surface area contributed by atoms with Gasteiger partial charge in [0.2, 0.25) is 0 Å². The lowest BCUT2D eigenvalue weighted by Gasteiger charge is -2.33. The fourth-order valence-electron chi connectivity index (χ4n) is 3.38. The van der Waals surface area contributed by atoms with Crippen LogP contribution >= 0.6 is 0 Å². The van der Waals surface area contributed by atoms with Crippen LogP contribution in [0.4, 0.5) is 0 Å². The zero-order valence-corrected chi connectivity index (χ0v) is 16.7. The first-order valence-corrected chi connectivity index (χ1v) is 9.39. The number of hydrogen-bond donors (Lipinski definition) is 1. The minimum absolute atomic E-state index is 0.124. The lowest BCUT2D eigenvalue weighted by Crippen LogP contribution is -2.19. The van der Waals surface area contributed by atoms with Gasteiger partial charge in [-0.1, -0.05) is 55.9 Å². The van der Waals surface area contributed by atoms with E-state index in [2.05, 4.69) is 37.0 Å². The standard InChI is InChI=1S/C24H29NO2/c1-18(9-7-10-19(2)17-23(26)27)13-14-21-20(11-8-15-24(21,3)4)22-12-5-6-16-25-22/h5-7,9-10,12-14,16-17H,8,11,15H2,1-4H3,(H,26,27)/b10-7+,14-13+,18-9+,19-17+. The van der Waals surface area contributed by atoms with Crippen molar-refractivity contribution in [1.82, 2.24) is 4.98 Å². The summed E-state index contributed by atoms with van der Waals surface area (Å²) < 4.78 is 0. The second-order valence-corrected chi connectivity index (χ2v) is 7.67. The predicted octanol–water partition coefficient (Wildman–Crippen LogP) is 6.13. The molecule has 0 spiro atoms. The van der Waals surface area contributed by atoms with Crippen LogP contribution in [-0.2, 0) is 4.79 Å². The summed E-state index contributed by atoms with van der Waals surface area (Å²) in [5, 5.41) is 8.74. The Bertz CT molecular complexity index is 821. The summed E-state index contributed by atoms with van der Waals surface area (Å²) >= 11 is 0. The van der Waals surface area contributed by atoms with Gasteiger partial charge in [-0.05, 0) is 67.4 Å². The molecule has 2 rings (SSSR count). The molecule has 1 aromatic rings. The largest absolute Gasteiger partial charge is 0.478 e. The van der Waals surface area contributed by atoms with Crippen LogP contribution in [0.2, 0.25) is 0 Å². The number of aromatic nitrogens is 1. The summed E-state index contributed by atoms with van der Waals surface area (Å²) in [6.07, 6.45) is 16.5. The first kappa shape index (κ1) is 20.6. The minimum Gasteiger partial charge on any atom is -0.478 e. The molecule has 0 atom stereocenters. The summed E-state index contributed by atoms with van der Waals surface area (Å²) in [5.41, 5.74) is 5.71. The molecule has 0 unspecified atom stereocenters. The highest BCUT2D eigenvalue weighted by atomic mass is 16.4. The molecule has 3 nitrogen and oxygen atoms in total. The molecule has 1 N–H and O–H groups in total. The molecule has 3 heteroatoms. The number of allylic oxidation sites excluding steroid dienone is 9. The molecule has 27 heavy (non-hydrogen) atoms. The van der Waals surface area contributed by atoms with Gasteiger partial charge < -0.3 is 5.11 Å². The Morgan fingerprint density at radius 2 is 1.96 bits per heavy atom. The number of pyridine rings is 1. The van der Waals surface area contributed by atoms with Crippen molar-refractivity contribution in [2.24, 2.45) is 5.41 Å². The van der Waals surface area contributed by atoms with Gasteiger partial charge in [0.15, 0.2) is 0 Å². The molecule has 142 valence electrons. The Labute approximate surface area is 162 Å². The first-order valence-electron chi connectivity index (χ1n) is 9.39. The van der Waals surface area contributed by atoms with E-state index in [-0.39, 0.29) is 5.41 Å². The van der Waals surface area contributed by atoms with Crippen molar-refractivity contribution < 1.29 is 9.90 Å². The van der Waals surface area contributed by atoms with Crippen LogP contribution in [0.15, 0.2) is 77.6 Å². The molecule has 0 fully saturated rings. The van der Waals surface area contributed by atoms with E-state index < -0.39 is 5.97 Å². The van der Waals surface area contributed by atoms with E-state index in [4.69, 9.17) is 5.11 Å². The van der Waals surface area contributed by atoms with Gasteiger partial charge in [0, 0.05) is 12.3 Å². The minimum atomic E-state index is -0.925. The number of rotatable bonds is 6. The van der Waals surface area contributed by atoms with Crippen LogP contribution in [0.3, 0.4) is 0 Å². The van der Waals surface area contributed by atoms with Gasteiger partial charge >= 0.3 is 5.97 Å². The zero-order valence-electron chi connectivity index (χ0n) is 16.7. The van der Waals surface area contributed by atoms with E-state index in [1.807, 2.05) is 37.4 Å². The van der Waals surface area contributed by atoms with E-state index in [1.54, 1.807) is 13.0 Å². The summed E-state index contributed by atoms with van der Waals surface area (Å²) in [4.78, 5) is 15.2. The van der Waals surface area contributed by atoms with Gasteiger partial charge in [-0.25, -0.2) is 4.79 Å². The van der Waals surface area contributed by atoms with Gasteiger partial charge in [0.05, 0.1) is 5.69 Å². The van der Waals surface area contributed by atoms with Crippen LogP contribution in [0, 0.1) is 5.41 Å². The van der Waals surface area contributed by atoms with E-state index in [1.165, 1.54) is 30.1 Å². The van der Waals surface area contributed by atoms with Crippen molar-refractivity contribution in [3.63, 3.8) is 0 Å². The lowest BCUT2D eigenvalue weighted by molar-refractivity contribution is -0.131. The Morgan fingerprint density at radius 3 is 2.63 bits per heavy atom. The number of nitrogens with zero attached hydrogens (tertiary/aromatic N) is 1. The molecular formula is C24H29NO2. The summed E-state index contributed by atoms with van der Waals surface area (Å²) in [6.45, 7) is 8.42. The highest BCUT2D eigenvalue weighted by Crippen LogP contribution is 2.44. The smallest absolute Gasteiger partial charge is 0.328 e. The second kappa shape index (κ2) is 9.31. The number of carboxylic acids is 1. The molecule has 1 aromatic heterocycles. The topological polar surface area (TPSA) is 50.2 Å². The summed E-state index contributed by atoms with van der Waals surface area (Å²) in [5.74, 6) is -0.925. The van der Waals surface area contributed by atoms with Gasteiger partial charge in [-0.15, -0.1) is 0 Å². The Balaban J connectivity index is 2.27. The van der Waals surface area contributed by atoms with Crippen molar-refractivity contribution in [2.45, 2.75) is 47.0 Å². The molecule has 0 radical (unpaired) electrons. The lowest BCUT2D eigenvalue weighted by atomic mass is 9.71. The zero-order chi connectivity index (χ0) is 19.9. The molecule has 0 saturated heterocycles. The van der Waals surface area contributed by atoms with Crippen LogP contribution in [0.5, 0.6) is 0 Å². The molecule has 1 aliphatic rings. The van der Waals surface area contributed by atoms with Crippen LogP contribution in [-0.4, -0.2) is 16.1 Å². The average Bonchev–Trinajstić information content (AvgIpc) is 2.60. The van der Waals surface area contributed by atoms with Crippen LogP contribution in [0.1, 0.15) is 52.7 Å². The second-order valence-electron chi connectivity index (χ2n) is 7.67. The normalized spacial score (nSPS) is 18.5. The van der Waals surface area contributed by atoms with E-state index in [9.17, 15) is 4.79 Å². The molecule has 1 heterocycles. The van der Waals surface area contributed by atoms with Gasteiger partial charge in [-0.2, -0.15) is 0 Å². The predicted molar refractivity (Wildman–Crippen MR) is 112 cm³/mol. The molecule has 1 aliphatic carbocycles. The Morgan fingerprint density at radius 1 is 1.19 bits per heavy atom. The van der Waals surface area contributed by atoms with Crippen molar-refractivity contribution in [1.29, 1.82) is 0 Å². The maximum atomic E-state index is 10.6. The molecule has 0 aromatic carbocycles. The maximum absolute atomic E-state index is 10.6. The third kappa shape index (κ3) is 6.21. The molecule has 0 bridgehead atoms. The third-order valence-electron chi connectivity index (χ3n) is 4.84. The molecular weight excluding hydrogens is 334 g/mol. The van der Waals surface area contributed by atoms with E-state index >= 15 is 0 Å². The monoisotopic (exact) mass is 363 g/mol. The number of carbonyl (C=O) groups is 1. The first-order chi connectivity index (χ1) is 12.8. The van der Waals surface area contributed by atoms with E-state index in [0.29, 0.717) is 5.57 Å². The van der Waals surface area contributed by atoms with E-state index in [0.717, 1.165) is 17.7 Å². The van der Waals surface area contributed by atoms with Crippen molar-refractivity contribution in [2.75, 3.05) is 0 Å². The fraction of sp³-hybridized carbons (Fsp3) is 0.333. The average molecular weight is 364 g/mol. The van der Waals surface area contributed by atoms with Crippen molar-refractivity contribution >= 4 is 11.5 Å². The van der Waals surface area contributed by atoms with Gasteiger partial charge in [0.25, 0.3) is 0 Å². The van der Waals surface area contributed by atoms with Crippen LogP contribution < -0.4 is 0 Å². The van der Waals surface area contributed by atoms with Gasteiger partial charge in [-0.3, -0.25) is 4.98 Å². The summed E-state index contributed by atoms with van der Waals surface area (Å²) in [6, 6.07) is 6.09. The SMILES string of the molecule is CC(/C=C/C1=C(c2ccccn2)CCCC1(C)C)=C\C=C\C(C)=C\C(=O)O. The number of hydrogen-bond acceptors (Lipinski definition) is 2. The molecule has 0 saturated carbocycles.